The number of nitrogens with two attached hydrogens (primary N) is 1. The normalized spacial score (nSPS) is 14.1. The maximum Gasteiger partial charge on any atom is 0.472 e. The van der Waals surface area contributed by atoms with Crippen LogP contribution in [0.1, 0.15) is 181 Å². The molecule has 0 aromatic rings. The Morgan fingerprint density at radius 3 is 1.34 bits per heavy atom. The number of phosphoric ester groups is 1. The average Bonchev–Trinajstić information content (AvgIpc) is 3.25. The first-order valence-electron chi connectivity index (χ1n) is 23.7. The molecule has 0 aromatic carbocycles. The van der Waals surface area contributed by atoms with Gasteiger partial charge in [0.2, 0.25) is 0 Å². The summed E-state index contributed by atoms with van der Waals surface area (Å²) in [5.41, 5.74) is 5.36. The van der Waals surface area contributed by atoms with Crippen LogP contribution in [0.25, 0.3) is 0 Å². The molecular formula is C51H86NO8P. The molecule has 3 N–H and O–H groups in total. The van der Waals surface area contributed by atoms with Crippen LogP contribution in [-0.2, 0) is 32.7 Å². The molecule has 9 nitrogen and oxygen atoms in total. The van der Waals surface area contributed by atoms with Gasteiger partial charge in [-0.1, -0.05) is 169 Å². The highest BCUT2D eigenvalue weighted by Crippen LogP contribution is 2.43. The van der Waals surface area contributed by atoms with Crippen molar-refractivity contribution in [1.82, 2.24) is 0 Å². The van der Waals surface area contributed by atoms with E-state index in [4.69, 9.17) is 24.3 Å². The first-order chi connectivity index (χ1) is 29.8. The van der Waals surface area contributed by atoms with Crippen molar-refractivity contribution in [2.75, 3.05) is 26.4 Å². The highest BCUT2D eigenvalue weighted by atomic mass is 31.2. The summed E-state index contributed by atoms with van der Waals surface area (Å²) in [6, 6.07) is 0. The Balaban J connectivity index is 4.20. The Morgan fingerprint density at radius 2 is 0.902 bits per heavy atom. The number of allylic oxidation sites excluding steroid dienone is 16. The predicted octanol–water partition coefficient (Wildman–Crippen LogP) is 14.2. The quantitative estimate of drug-likeness (QED) is 0.0266. The van der Waals surface area contributed by atoms with Crippen molar-refractivity contribution in [3.8, 4) is 0 Å². The van der Waals surface area contributed by atoms with Crippen molar-refractivity contribution in [3.05, 3.63) is 97.2 Å². The second kappa shape index (κ2) is 46.4. The van der Waals surface area contributed by atoms with Crippen LogP contribution in [0.3, 0.4) is 0 Å². The van der Waals surface area contributed by atoms with Gasteiger partial charge in [-0.3, -0.25) is 18.6 Å². The molecule has 0 radical (unpaired) electrons. The average molecular weight is 872 g/mol. The summed E-state index contributed by atoms with van der Waals surface area (Å²) >= 11 is 0. The number of esters is 2. The third-order valence-corrected chi connectivity index (χ3v) is 10.4. The third-order valence-electron chi connectivity index (χ3n) is 9.45. The molecule has 0 rings (SSSR count). The fourth-order valence-corrected chi connectivity index (χ4v) is 6.73. The van der Waals surface area contributed by atoms with Crippen LogP contribution in [0.15, 0.2) is 97.2 Å². The van der Waals surface area contributed by atoms with E-state index in [1.54, 1.807) is 0 Å². The molecule has 0 saturated carbocycles. The van der Waals surface area contributed by atoms with Gasteiger partial charge in [-0.15, -0.1) is 0 Å². The minimum absolute atomic E-state index is 0.0423. The van der Waals surface area contributed by atoms with Gasteiger partial charge in [0.25, 0.3) is 0 Å². The molecule has 348 valence electrons. The molecule has 0 saturated heterocycles. The molecule has 0 aliphatic heterocycles. The molecule has 10 heteroatoms. The SMILES string of the molecule is CC/C=C\C/C=C\C/C=C\C/C=C\C/C=C\CCCCCCCC(=O)OC(COC(=O)CCCCCCCC/C=C\C/C=C\C/C=C\CCCCC)COP(=O)(O)OCCN. The van der Waals surface area contributed by atoms with Crippen molar-refractivity contribution >= 4 is 19.8 Å². The van der Waals surface area contributed by atoms with Gasteiger partial charge in [0.15, 0.2) is 6.10 Å². The first kappa shape index (κ1) is 57.9. The van der Waals surface area contributed by atoms with E-state index in [2.05, 4.69) is 111 Å². The zero-order valence-corrected chi connectivity index (χ0v) is 39.3. The molecular weight excluding hydrogens is 786 g/mol. The topological polar surface area (TPSA) is 134 Å². The molecule has 0 amide bonds. The fourth-order valence-electron chi connectivity index (χ4n) is 5.96. The summed E-state index contributed by atoms with van der Waals surface area (Å²) in [5, 5.41) is 0. The number of unbranched alkanes of at least 4 members (excludes halogenated alkanes) is 14. The van der Waals surface area contributed by atoms with Crippen molar-refractivity contribution in [2.45, 2.75) is 187 Å². The number of hydrogen-bond acceptors (Lipinski definition) is 8. The Labute approximate surface area is 372 Å². The van der Waals surface area contributed by atoms with Gasteiger partial charge in [-0.05, 0) is 96.3 Å². The van der Waals surface area contributed by atoms with Gasteiger partial charge in [0, 0.05) is 19.4 Å². The molecule has 0 fully saturated rings. The highest BCUT2D eigenvalue weighted by Gasteiger charge is 2.26. The van der Waals surface area contributed by atoms with Crippen LogP contribution in [0.2, 0.25) is 0 Å². The van der Waals surface area contributed by atoms with Crippen molar-refractivity contribution < 1.29 is 37.6 Å². The van der Waals surface area contributed by atoms with Gasteiger partial charge < -0.3 is 20.1 Å². The lowest BCUT2D eigenvalue weighted by molar-refractivity contribution is -0.161. The lowest BCUT2D eigenvalue weighted by Crippen LogP contribution is -2.29. The summed E-state index contributed by atoms with van der Waals surface area (Å²) in [7, 11) is -4.40. The maximum absolute atomic E-state index is 12.6. The van der Waals surface area contributed by atoms with E-state index in [1.807, 2.05) is 0 Å². The van der Waals surface area contributed by atoms with Gasteiger partial charge >= 0.3 is 19.8 Å². The zero-order valence-electron chi connectivity index (χ0n) is 38.4. The van der Waals surface area contributed by atoms with E-state index in [1.165, 1.54) is 25.7 Å². The summed E-state index contributed by atoms with van der Waals surface area (Å²) < 4.78 is 32.8. The van der Waals surface area contributed by atoms with E-state index >= 15 is 0 Å². The summed E-state index contributed by atoms with van der Waals surface area (Å²) in [6.45, 7) is 3.54. The van der Waals surface area contributed by atoms with E-state index in [-0.39, 0.29) is 32.6 Å². The molecule has 0 aliphatic rings. The largest absolute Gasteiger partial charge is 0.472 e. The van der Waals surface area contributed by atoms with Crippen LogP contribution in [0.4, 0.5) is 0 Å². The summed E-state index contributed by atoms with van der Waals surface area (Å²) in [5.74, 6) is -0.873. The zero-order chi connectivity index (χ0) is 44.6. The fraction of sp³-hybridized carbons (Fsp3) is 0.647. The molecule has 0 aliphatic carbocycles. The summed E-state index contributed by atoms with van der Waals surface area (Å²) in [6.07, 6.45) is 60.0. The maximum atomic E-state index is 12.6. The van der Waals surface area contributed by atoms with Crippen LogP contribution < -0.4 is 5.73 Å². The van der Waals surface area contributed by atoms with Crippen LogP contribution in [-0.4, -0.2) is 49.3 Å². The van der Waals surface area contributed by atoms with E-state index in [9.17, 15) is 19.0 Å². The summed E-state index contributed by atoms with van der Waals surface area (Å²) in [4.78, 5) is 35.0. The first-order valence-corrected chi connectivity index (χ1v) is 25.2. The van der Waals surface area contributed by atoms with Crippen molar-refractivity contribution in [1.29, 1.82) is 0 Å². The van der Waals surface area contributed by atoms with Crippen LogP contribution in [0, 0.1) is 0 Å². The minimum atomic E-state index is -4.40. The molecule has 0 heterocycles. The second-order valence-electron chi connectivity index (χ2n) is 15.2. The molecule has 0 bridgehead atoms. The Morgan fingerprint density at radius 1 is 0.508 bits per heavy atom. The van der Waals surface area contributed by atoms with Gasteiger partial charge in [-0.2, -0.15) is 0 Å². The minimum Gasteiger partial charge on any atom is -0.462 e. The number of rotatable bonds is 43. The number of carbonyl (C=O) groups excluding carboxylic acids is 2. The van der Waals surface area contributed by atoms with Crippen molar-refractivity contribution in [3.63, 3.8) is 0 Å². The lowest BCUT2D eigenvalue weighted by Gasteiger charge is -2.19. The second-order valence-corrected chi connectivity index (χ2v) is 16.7. The van der Waals surface area contributed by atoms with Crippen molar-refractivity contribution in [2.24, 2.45) is 5.73 Å². The Bertz CT molecular complexity index is 1320. The number of carbonyl (C=O) groups is 2. The van der Waals surface area contributed by atoms with Crippen LogP contribution >= 0.6 is 7.82 Å². The lowest BCUT2D eigenvalue weighted by atomic mass is 10.1. The number of hydrogen-bond donors (Lipinski definition) is 2. The monoisotopic (exact) mass is 872 g/mol. The van der Waals surface area contributed by atoms with E-state index < -0.39 is 32.5 Å². The van der Waals surface area contributed by atoms with Gasteiger partial charge in [0.1, 0.15) is 6.61 Å². The number of phosphoric acid groups is 1. The molecule has 0 aromatic heterocycles. The molecule has 2 unspecified atom stereocenters. The predicted molar refractivity (Wildman–Crippen MR) is 256 cm³/mol. The van der Waals surface area contributed by atoms with Gasteiger partial charge in [-0.25, -0.2) is 4.57 Å². The third kappa shape index (κ3) is 46.3. The standard InChI is InChI=1S/C51H86NO8P/c1-3-5-7-9-11-13-15-17-19-21-23-24-26-28-30-32-34-36-38-40-42-44-51(54)60-49(48-59-61(55,56)58-46-45-52)47-57-50(53)43-41-39-37-35-33-31-29-27-25-22-20-18-16-14-12-10-8-6-4-2/h5,7,11-14,17-20,23-25,27-28,30,49H,3-4,6,8-10,15-16,21-22,26,29,31-48,52H2,1-2H3,(H,55,56)/b7-5-,13-11-,14-12-,19-17-,20-18-,24-23-,27-25-,30-28-. The number of ether oxygens (including phenoxy) is 2. The Kier molecular flexibility index (Phi) is 44.1. The molecule has 61 heavy (non-hydrogen) atoms. The smallest absolute Gasteiger partial charge is 0.462 e. The molecule has 0 spiro atoms. The van der Waals surface area contributed by atoms with Gasteiger partial charge in [0.05, 0.1) is 13.2 Å². The van der Waals surface area contributed by atoms with Crippen LogP contribution in [0.5, 0.6) is 0 Å². The molecule has 2 atom stereocenters. The van der Waals surface area contributed by atoms with E-state index in [0.717, 1.165) is 116 Å². The Hall–Kier alpha value is -3.07. The van der Waals surface area contributed by atoms with E-state index in [0.29, 0.717) is 12.8 Å². The highest BCUT2D eigenvalue weighted by molar-refractivity contribution is 7.47.